The Hall–Kier alpha value is 0.824. The molecule has 0 aromatic rings. The van der Waals surface area contributed by atoms with Crippen LogP contribution in [0.3, 0.4) is 0 Å². The van der Waals surface area contributed by atoms with E-state index in [4.69, 9.17) is 0 Å². The van der Waals surface area contributed by atoms with E-state index in [0.29, 0.717) is 10.3 Å². The van der Waals surface area contributed by atoms with Crippen molar-refractivity contribution in [2.24, 2.45) is 0 Å². The Balaban J connectivity index is 4.17. The lowest BCUT2D eigenvalue weighted by atomic mass is 10.2. The maximum atomic E-state index is 3.80. The van der Waals surface area contributed by atoms with Gasteiger partial charge >= 0.3 is 0 Å². The lowest BCUT2D eigenvalue weighted by Gasteiger charge is -2.41. The molecule has 0 saturated heterocycles. The SMILES string of the molecule is CC[SiH2]N[SiH2]CP(C(C)(C)C)C(C)(C)C. The van der Waals surface area contributed by atoms with Crippen LogP contribution in [-0.4, -0.2) is 35.5 Å². The van der Waals surface area contributed by atoms with Crippen LogP contribution in [0.1, 0.15) is 48.5 Å². The molecule has 0 radical (unpaired) electrons. The molecule has 0 rings (SSSR count). The molecule has 1 nitrogen and oxygen atoms in total. The number of nitrogens with one attached hydrogen (secondary N) is 1. The number of hydrogen-bond donors (Lipinski definition) is 1. The molecule has 0 saturated carbocycles. The third-order valence-corrected chi connectivity index (χ3v) is 11.8. The highest BCUT2D eigenvalue weighted by molar-refractivity contribution is 7.62. The van der Waals surface area contributed by atoms with Gasteiger partial charge in [0.05, 0.1) is 19.4 Å². The smallest absolute Gasteiger partial charge is 0.0888 e. The molecule has 0 aromatic heterocycles. The summed E-state index contributed by atoms with van der Waals surface area (Å²) in [4.78, 5) is 0. The van der Waals surface area contributed by atoms with Gasteiger partial charge in [-0.1, -0.05) is 62.4 Å². The lowest BCUT2D eigenvalue weighted by Crippen LogP contribution is -2.33. The van der Waals surface area contributed by atoms with Crippen LogP contribution < -0.4 is 4.65 Å². The van der Waals surface area contributed by atoms with E-state index < -0.39 is 0 Å². The molecule has 0 unspecified atom stereocenters. The van der Waals surface area contributed by atoms with Crippen LogP contribution in [0.5, 0.6) is 0 Å². The van der Waals surface area contributed by atoms with Crippen LogP contribution >= 0.6 is 7.92 Å². The van der Waals surface area contributed by atoms with Gasteiger partial charge in [0.2, 0.25) is 0 Å². The molecular formula is C11H30NPSi2. The van der Waals surface area contributed by atoms with Crippen LogP contribution in [0, 0.1) is 0 Å². The van der Waals surface area contributed by atoms with Gasteiger partial charge in [-0.05, 0) is 16.1 Å². The standard InChI is InChI=1S/C11H30NPSi2/c1-8-14-12-15-9-13(10(2,3)4)11(5,6)7/h12H,8-9,14-15H2,1-7H3. The Bertz CT molecular complexity index is 158. The van der Waals surface area contributed by atoms with Gasteiger partial charge in [0.25, 0.3) is 0 Å². The molecule has 0 aliphatic carbocycles. The molecular weight excluding hydrogens is 233 g/mol. The normalized spacial score (nSPS) is 15.2. The molecule has 0 fully saturated rings. The largest absolute Gasteiger partial charge is 0.369 e. The van der Waals surface area contributed by atoms with Gasteiger partial charge in [-0.2, -0.15) is 0 Å². The van der Waals surface area contributed by atoms with Crippen LogP contribution in [0.2, 0.25) is 6.04 Å². The highest BCUT2D eigenvalue weighted by atomic mass is 31.1. The van der Waals surface area contributed by atoms with E-state index in [2.05, 4.69) is 53.1 Å². The average molecular weight is 264 g/mol. The summed E-state index contributed by atoms with van der Waals surface area (Å²) in [5.74, 6) is 1.52. The average Bonchev–Trinajstić information content (AvgIpc) is 1.99. The van der Waals surface area contributed by atoms with E-state index in [-0.39, 0.29) is 27.3 Å². The molecule has 92 valence electrons. The second-order valence-corrected chi connectivity index (χ2v) is 15.6. The summed E-state index contributed by atoms with van der Waals surface area (Å²) in [6.07, 6.45) is 0. The van der Waals surface area contributed by atoms with Crippen LogP contribution in [0.4, 0.5) is 0 Å². The summed E-state index contributed by atoms with van der Waals surface area (Å²) >= 11 is 0. The van der Waals surface area contributed by atoms with Gasteiger partial charge in [0.15, 0.2) is 0 Å². The Morgan fingerprint density at radius 1 is 0.933 bits per heavy atom. The molecule has 4 heteroatoms. The van der Waals surface area contributed by atoms with Crippen LogP contribution in [-0.2, 0) is 0 Å². The van der Waals surface area contributed by atoms with Crippen molar-refractivity contribution in [1.82, 2.24) is 4.65 Å². The highest BCUT2D eigenvalue weighted by Gasteiger charge is 2.33. The number of rotatable bonds is 5. The fourth-order valence-electron chi connectivity index (χ4n) is 2.17. The van der Waals surface area contributed by atoms with Gasteiger partial charge in [0, 0.05) is 0 Å². The van der Waals surface area contributed by atoms with Crippen molar-refractivity contribution in [2.75, 3.05) is 5.79 Å². The molecule has 15 heavy (non-hydrogen) atoms. The molecule has 0 aliphatic heterocycles. The third-order valence-electron chi connectivity index (χ3n) is 2.56. The Kier molecular flexibility index (Phi) is 6.89. The fourth-order valence-corrected chi connectivity index (χ4v) is 14.9. The van der Waals surface area contributed by atoms with Crippen molar-refractivity contribution >= 4 is 27.3 Å². The summed E-state index contributed by atoms with van der Waals surface area (Å²) < 4.78 is 3.80. The first-order valence-electron chi connectivity index (χ1n) is 6.18. The fraction of sp³-hybridized carbons (Fsp3) is 1.00. The molecule has 0 amide bonds. The first-order valence-corrected chi connectivity index (χ1v) is 11.1. The molecule has 0 heterocycles. The topological polar surface area (TPSA) is 12.0 Å². The van der Waals surface area contributed by atoms with Crippen molar-refractivity contribution in [3.05, 3.63) is 0 Å². The van der Waals surface area contributed by atoms with Crippen molar-refractivity contribution in [3.8, 4) is 0 Å². The zero-order valence-electron chi connectivity index (χ0n) is 11.8. The molecule has 0 spiro atoms. The van der Waals surface area contributed by atoms with Crippen LogP contribution in [0.15, 0.2) is 0 Å². The Morgan fingerprint density at radius 2 is 1.40 bits per heavy atom. The summed E-state index contributed by atoms with van der Waals surface area (Å²) in [7, 11) is 0.309. The Labute approximate surface area is 103 Å². The third kappa shape index (κ3) is 6.88. The monoisotopic (exact) mass is 263 g/mol. The first kappa shape index (κ1) is 15.8. The van der Waals surface area contributed by atoms with Gasteiger partial charge in [0.1, 0.15) is 0 Å². The highest BCUT2D eigenvalue weighted by Crippen LogP contribution is 2.58. The summed E-state index contributed by atoms with van der Waals surface area (Å²) in [5.41, 5.74) is 0. The van der Waals surface area contributed by atoms with Crippen molar-refractivity contribution < 1.29 is 0 Å². The molecule has 1 N–H and O–H groups in total. The summed E-state index contributed by atoms with van der Waals surface area (Å²) in [6, 6.07) is 1.41. The van der Waals surface area contributed by atoms with E-state index >= 15 is 0 Å². The van der Waals surface area contributed by atoms with E-state index in [0.717, 1.165) is 0 Å². The zero-order valence-corrected chi connectivity index (χ0v) is 15.5. The van der Waals surface area contributed by atoms with E-state index in [1.807, 2.05) is 0 Å². The number of hydrogen-bond acceptors (Lipinski definition) is 1. The summed E-state index contributed by atoms with van der Waals surface area (Å²) in [5, 5.41) is 1.05. The minimum Gasteiger partial charge on any atom is -0.369 e. The van der Waals surface area contributed by atoms with Crippen molar-refractivity contribution in [3.63, 3.8) is 0 Å². The van der Waals surface area contributed by atoms with Gasteiger partial charge in [-0.3, -0.25) is 0 Å². The second kappa shape index (κ2) is 6.53. The van der Waals surface area contributed by atoms with Gasteiger partial charge < -0.3 is 4.65 Å². The van der Waals surface area contributed by atoms with Crippen LogP contribution in [0.25, 0.3) is 0 Å². The maximum Gasteiger partial charge on any atom is 0.0888 e. The summed E-state index contributed by atoms with van der Waals surface area (Å²) in [6.45, 7) is 16.9. The first-order chi connectivity index (χ1) is 6.69. The lowest BCUT2D eigenvalue weighted by molar-refractivity contribution is 0.709. The van der Waals surface area contributed by atoms with E-state index in [1.165, 1.54) is 11.8 Å². The van der Waals surface area contributed by atoms with Crippen molar-refractivity contribution in [2.45, 2.75) is 64.8 Å². The van der Waals surface area contributed by atoms with E-state index in [9.17, 15) is 0 Å². The van der Waals surface area contributed by atoms with Gasteiger partial charge in [-0.25, -0.2) is 0 Å². The second-order valence-electron chi connectivity index (χ2n) is 6.24. The predicted octanol–water partition coefficient (Wildman–Crippen LogP) is 2.22. The molecule has 0 aromatic carbocycles. The molecule has 0 bridgehead atoms. The van der Waals surface area contributed by atoms with Crippen molar-refractivity contribution in [1.29, 1.82) is 0 Å². The minimum atomic E-state index is 0.0338. The predicted molar refractivity (Wildman–Crippen MR) is 82.0 cm³/mol. The molecule has 0 aliphatic rings. The Morgan fingerprint density at radius 3 is 1.73 bits per heavy atom. The minimum absolute atomic E-state index is 0.0338. The quantitative estimate of drug-likeness (QED) is 0.456. The zero-order chi connectivity index (χ0) is 12.1. The van der Waals surface area contributed by atoms with E-state index in [1.54, 1.807) is 0 Å². The molecule has 0 atom stereocenters. The maximum absolute atomic E-state index is 3.80. The van der Waals surface area contributed by atoms with Gasteiger partial charge in [-0.15, -0.1) is 0 Å².